The Morgan fingerprint density at radius 3 is 2.41 bits per heavy atom. The van der Waals surface area contributed by atoms with Crippen molar-refractivity contribution in [3.63, 3.8) is 0 Å². The van der Waals surface area contributed by atoms with Crippen LogP contribution < -0.4 is 10.9 Å². The van der Waals surface area contributed by atoms with E-state index in [9.17, 15) is 4.79 Å². The highest BCUT2D eigenvalue weighted by molar-refractivity contribution is 6.32. The van der Waals surface area contributed by atoms with Crippen LogP contribution in [0.25, 0.3) is 11.0 Å². The third-order valence-electron chi connectivity index (χ3n) is 4.01. The van der Waals surface area contributed by atoms with Crippen LogP contribution >= 0.6 is 11.6 Å². The third-order valence-corrected chi connectivity index (χ3v) is 4.33. The second kappa shape index (κ2) is 7.48. The second-order valence-corrected chi connectivity index (χ2v) is 6.29. The molecule has 1 N–H and O–H groups in total. The minimum atomic E-state index is -0.304. The first-order valence-electron chi connectivity index (χ1n) is 8.39. The first kappa shape index (κ1) is 17.1. The summed E-state index contributed by atoms with van der Waals surface area (Å²) in [4.78, 5) is 17.4. The van der Waals surface area contributed by atoms with Gasteiger partial charge in [-0.3, -0.25) is 4.79 Å². The number of rotatable bonds is 3. The van der Waals surface area contributed by atoms with Gasteiger partial charge in [-0.15, -0.1) is 0 Å². The average Bonchev–Trinajstić information content (AvgIpc) is 2.70. The first-order valence-corrected chi connectivity index (χ1v) is 8.77. The molecule has 0 saturated carbocycles. The zero-order chi connectivity index (χ0) is 18.6. The number of para-hydroxylation sites is 3. The van der Waals surface area contributed by atoms with Crippen LogP contribution in [-0.4, -0.2) is 5.91 Å². The van der Waals surface area contributed by atoms with Gasteiger partial charge in [0, 0.05) is 11.1 Å². The van der Waals surface area contributed by atoms with Gasteiger partial charge in [0.2, 0.25) is 5.55 Å². The van der Waals surface area contributed by atoms with Crippen molar-refractivity contribution in [2.75, 3.05) is 5.32 Å². The van der Waals surface area contributed by atoms with Crippen molar-refractivity contribution >= 4 is 39.9 Å². The highest BCUT2D eigenvalue weighted by Crippen LogP contribution is 2.23. The highest BCUT2D eigenvalue weighted by Gasteiger charge is 2.13. The number of anilines is 1. The summed E-state index contributed by atoms with van der Waals surface area (Å²) >= 11 is 6.22. The molecule has 0 aliphatic rings. The third kappa shape index (κ3) is 3.76. The molecule has 0 radical (unpaired) electrons. The fourth-order valence-electron chi connectivity index (χ4n) is 2.69. The fraction of sp³-hybridized carbons (Fsp3) is 0. The van der Waals surface area contributed by atoms with E-state index in [4.69, 9.17) is 16.0 Å². The van der Waals surface area contributed by atoms with Crippen molar-refractivity contribution in [1.29, 1.82) is 0 Å². The molecule has 3 aromatic carbocycles. The van der Waals surface area contributed by atoms with E-state index in [2.05, 4.69) is 10.3 Å². The molecule has 132 valence electrons. The average molecular weight is 375 g/mol. The van der Waals surface area contributed by atoms with Gasteiger partial charge in [-0.25, -0.2) is 4.99 Å². The molecule has 0 bridgehead atoms. The molecular weight excluding hydrogens is 360 g/mol. The van der Waals surface area contributed by atoms with Crippen LogP contribution in [0, 0.1) is 0 Å². The molecular formula is C22H15ClN2O2. The maximum atomic E-state index is 12.9. The minimum Gasteiger partial charge on any atom is -0.438 e. The van der Waals surface area contributed by atoms with Gasteiger partial charge < -0.3 is 9.73 Å². The molecule has 4 nitrogen and oxygen atoms in total. The van der Waals surface area contributed by atoms with Crippen LogP contribution in [0.1, 0.15) is 10.4 Å². The van der Waals surface area contributed by atoms with Gasteiger partial charge in [-0.2, -0.15) is 0 Å². The molecule has 27 heavy (non-hydrogen) atoms. The number of nitrogens with one attached hydrogen (secondary N) is 1. The normalized spacial score (nSPS) is 11.5. The number of amides is 1. The molecule has 1 amide bonds. The monoisotopic (exact) mass is 374 g/mol. The lowest BCUT2D eigenvalue weighted by Gasteiger charge is -2.07. The van der Waals surface area contributed by atoms with E-state index in [0.29, 0.717) is 27.5 Å². The Kier molecular flexibility index (Phi) is 4.73. The quantitative estimate of drug-likeness (QED) is 0.509. The summed E-state index contributed by atoms with van der Waals surface area (Å²) in [5.41, 5.74) is 2.40. The molecule has 0 spiro atoms. The van der Waals surface area contributed by atoms with Crippen molar-refractivity contribution in [2.45, 2.75) is 0 Å². The minimum absolute atomic E-state index is 0.204. The Labute approximate surface area is 160 Å². The van der Waals surface area contributed by atoms with Crippen LogP contribution in [0.3, 0.4) is 0 Å². The second-order valence-electron chi connectivity index (χ2n) is 5.89. The number of fused-ring (bicyclic) bond motifs is 1. The van der Waals surface area contributed by atoms with Crippen LogP contribution in [0.5, 0.6) is 0 Å². The predicted octanol–water partition coefficient (Wildman–Crippen LogP) is 5.57. The summed E-state index contributed by atoms with van der Waals surface area (Å²) in [6.07, 6.45) is 0. The molecule has 1 heterocycles. The fourth-order valence-corrected chi connectivity index (χ4v) is 2.86. The largest absolute Gasteiger partial charge is 0.438 e. The van der Waals surface area contributed by atoms with Gasteiger partial charge in [0.05, 0.1) is 10.7 Å². The summed E-state index contributed by atoms with van der Waals surface area (Å²) < 4.78 is 5.92. The molecule has 0 unspecified atom stereocenters. The number of carbonyl (C=O) groups is 1. The smallest absolute Gasteiger partial charge is 0.261 e. The number of hydrogen-bond acceptors (Lipinski definition) is 3. The van der Waals surface area contributed by atoms with Crippen molar-refractivity contribution in [1.82, 2.24) is 0 Å². The van der Waals surface area contributed by atoms with Gasteiger partial charge >= 0.3 is 0 Å². The Morgan fingerprint density at radius 1 is 0.889 bits per heavy atom. The van der Waals surface area contributed by atoms with Crippen LogP contribution in [0.15, 0.2) is 94.3 Å². The zero-order valence-corrected chi connectivity index (χ0v) is 15.0. The van der Waals surface area contributed by atoms with Crippen LogP contribution in [0.4, 0.5) is 11.4 Å². The number of nitrogens with zero attached hydrogens (tertiary/aromatic N) is 1. The lowest BCUT2D eigenvalue weighted by molar-refractivity contribution is 0.102. The van der Waals surface area contributed by atoms with E-state index in [1.165, 1.54) is 0 Å². The maximum Gasteiger partial charge on any atom is 0.261 e. The Balaban J connectivity index is 1.87. The molecule has 0 aliphatic heterocycles. The van der Waals surface area contributed by atoms with Gasteiger partial charge in [-0.05, 0) is 36.4 Å². The number of benzene rings is 3. The Hall–Kier alpha value is -3.37. The predicted molar refractivity (Wildman–Crippen MR) is 107 cm³/mol. The summed E-state index contributed by atoms with van der Waals surface area (Å²) in [5, 5.41) is 4.17. The Bertz CT molecular complexity index is 1180. The molecule has 1 aromatic heterocycles. The van der Waals surface area contributed by atoms with Gasteiger partial charge in [0.1, 0.15) is 11.1 Å². The van der Waals surface area contributed by atoms with Crippen molar-refractivity contribution in [3.05, 3.63) is 101 Å². The summed E-state index contributed by atoms with van der Waals surface area (Å²) in [5.74, 6) is -0.304. The van der Waals surface area contributed by atoms with E-state index in [0.717, 1.165) is 5.39 Å². The topological polar surface area (TPSA) is 54.6 Å². The number of hydrogen-bond donors (Lipinski definition) is 1. The molecule has 4 aromatic rings. The molecule has 0 aliphatic carbocycles. The highest BCUT2D eigenvalue weighted by atomic mass is 35.5. The van der Waals surface area contributed by atoms with Crippen molar-refractivity contribution in [2.24, 2.45) is 4.99 Å². The summed E-state index contributed by atoms with van der Waals surface area (Å²) in [7, 11) is 0. The molecule has 0 fully saturated rings. The van der Waals surface area contributed by atoms with Gasteiger partial charge in [-0.1, -0.05) is 60.1 Å². The number of carbonyl (C=O) groups excluding carboxylic acids is 1. The molecule has 0 atom stereocenters. The maximum absolute atomic E-state index is 12.9. The van der Waals surface area contributed by atoms with Gasteiger partial charge in [0.15, 0.2) is 0 Å². The molecule has 5 heteroatoms. The van der Waals surface area contributed by atoms with E-state index in [1.54, 1.807) is 18.2 Å². The van der Waals surface area contributed by atoms with Crippen molar-refractivity contribution < 1.29 is 9.21 Å². The lowest BCUT2D eigenvalue weighted by atomic mass is 10.1. The first-order chi connectivity index (χ1) is 13.2. The summed E-state index contributed by atoms with van der Waals surface area (Å²) in [6.45, 7) is 0. The standard InChI is InChI=1S/C22H15ClN2O2/c23-18-11-5-6-12-19(18)25-22-17(14-15-8-4-7-13-20(15)27-22)21(26)24-16-9-2-1-3-10-16/h1-14H,(H,24,26). The summed E-state index contributed by atoms with van der Waals surface area (Å²) in [6, 6.07) is 25.7. The van der Waals surface area contributed by atoms with E-state index >= 15 is 0 Å². The zero-order valence-electron chi connectivity index (χ0n) is 14.2. The lowest BCUT2D eigenvalue weighted by Crippen LogP contribution is -2.21. The Morgan fingerprint density at radius 2 is 1.59 bits per heavy atom. The van der Waals surface area contributed by atoms with Gasteiger partial charge in [0.25, 0.3) is 5.91 Å². The van der Waals surface area contributed by atoms with E-state index < -0.39 is 0 Å². The van der Waals surface area contributed by atoms with Crippen molar-refractivity contribution in [3.8, 4) is 0 Å². The van der Waals surface area contributed by atoms with E-state index in [-0.39, 0.29) is 11.5 Å². The molecule has 0 saturated heterocycles. The number of halogens is 1. The van der Waals surface area contributed by atoms with E-state index in [1.807, 2.05) is 66.7 Å². The SMILES string of the molecule is O=C(Nc1ccccc1)c1cc2ccccc2oc1=Nc1ccccc1Cl. The molecule has 4 rings (SSSR count). The van der Waals surface area contributed by atoms with Crippen LogP contribution in [0.2, 0.25) is 5.02 Å². The van der Waals surface area contributed by atoms with Crippen LogP contribution in [-0.2, 0) is 0 Å².